The maximum Gasteiger partial charge on any atom is 0.124 e. The molecule has 13 heavy (non-hydrogen) atoms. The van der Waals surface area contributed by atoms with Gasteiger partial charge in [0.05, 0.1) is 0 Å². The smallest absolute Gasteiger partial charge is 0.124 e. The van der Waals surface area contributed by atoms with Crippen LogP contribution in [0.2, 0.25) is 0 Å². The standard InChI is InChI=1S/C11H15NO/c1-2-8-7-10(12)9-5-3-4-6-11(9)13-8/h3-6,8,10H,2,7,12H2,1H3. The number of benzene rings is 1. The summed E-state index contributed by atoms with van der Waals surface area (Å²) in [5.41, 5.74) is 7.18. The van der Waals surface area contributed by atoms with E-state index in [4.69, 9.17) is 10.5 Å². The van der Waals surface area contributed by atoms with Gasteiger partial charge in [0.1, 0.15) is 11.9 Å². The molecular weight excluding hydrogens is 162 g/mol. The molecule has 2 unspecified atom stereocenters. The normalized spacial score (nSPS) is 26.3. The molecule has 2 N–H and O–H groups in total. The minimum Gasteiger partial charge on any atom is -0.490 e. The summed E-state index contributed by atoms with van der Waals surface area (Å²) in [6.45, 7) is 2.13. The minimum atomic E-state index is 0.148. The SMILES string of the molecule is CCC1CC(N)c2ccccc2O1. The Morgan fingerprint density at radius 2 is 2.23 bits per heavy atom. The summed E-state index contributed by atoms with van der Waals surface area (Å²) in [6.07, 6.45) is 2.26. The largest absolute Gasteiger partial charge is 0.490 e. The summed E-state index contributed by atoms with van der Waals surface area (Å²) >= 11 is 0. The third kappa shape index (κ3) is 1.54. The average Bonchev–Trinajstić information content (AvgIpc) is 2.18. The molecule has 2 rings (SSSR count). The van der Waals surface area contributed by atoms with E-state index in [1.807, 2.05) is 24.3 Å². The van der Waals surface area contributed by atoms with Crippen LogP contribution in [-0.4, -0.2) is 6.10 Å². The summed E-state index contributed by atoms with van der Waals surface area (Å²) in [5, 5.41) is 0. The van der Waals surface area contributed by atoms with Gasteiger partial charge in [0.15, 0.2) is 0 Å². The quantitative estimate of drug-likeness (QED) is 0.714. The molecule has 1 aliphatic heterocycles. The van der Waals surface area contributed by atoms with Gasteiger partial charge in [-0.15, -0.1) is 0 Å². The monoisotopic (exact) mass is 177 g/mol. The molecule has 0 fully saturated rings. The van der Waals surface area contributed by atoms with Gasteiger partial charge in [-0.3, -0.25) is 0 Å². The fourth-order valence-corrected chi connectivity index (χ4v) is 1.78. The van der Waals surface area contributed by atoms with Crippen LogP contribution in [0.3, 0.4) is 0 Å². The molecule has 0 spiro atoms. The van der Waals surface area contributed by atoms with Crippen molar-refractivity contribution in [2.45, 2.75) is 31.9 Å². The Kier molecular flexibility index (Phi) is 2.23. The zero-order valence-corrected chi connectivity index (χ0v) is 7.86. The van der Waals surface area contributed by atoms with E-state index in [-0.39, 0.29) is 6.04 Å². The van der Waals surface area contributed by atoms with E-state index in [1.54, 1.807) is 0 Å². The Balaban J connectivity index is 2.31. The molecule has 2 nitrogen and oxygen atoms in total. The van der Waals surface area contributed by atoms with Crippen molar-refractivity contribution >= 4 is 0 Å². The lowest BCUT2D eigenvalue weighted by Gasteiger charge is -2.29. The van der Waals surface area contributed by atoms with E-state index >= 15 is 0 Å². The highest BCUT2D eigenvalue weighted by atomic mass is 16.5. The third-order valence-electron chi connectivity index (χ3n) is 2.58. The lowest BCUT2D eigenvalue weighted by Crippen LogP contribution is -2.28. The minimum absolute atomic E-state index is 0.148. The molecule has 0 radical (unpaired) electrons. The Hall–Kier alpha value is -1.02. The number of hydrogen-bond acceptors (Lipinski definition) is 2. The molecule has 0 saturated carbocycles. The van der Waals surface area contributed by atoms with Crippen LogP contribution in [0.15, 0.2) is 24.3 Å². The second kappa shape index (κ2) is 3.38. The van der Waals surface area contributed by atoms with Crippen LogP contribution >= 0.6 is 0 Å². The summed E-state index contributed by atoms with van der Waals surface area (Å²) in [5.74, 6) is 0.966. The summed E-state index contributed by atoms with van der Waals surface area (Å²) in [6, 6.07) is 8.19. The van der Waals surface area contributed by atoms with Gasteiger partial charge in [-0.25, -0.2) is 0 Å². The lowest BCUT2D eigenvalue weighted by molar-refractivity contribution is 0.155. The molecule has 0 aromatic heterocycles. The van der Waals surface area contributed by atoms with Crippen molar-refractivity contribution in [1.82, 2.24) is 0 Å². The molecule has 2 atom stereocenters. The molecule has 0 bridgehead atoms. The first-order valence-electron chi connectivity index (χ1n) is 4.82. The molecular formula is C11H15NO. The maximum atomic E-state index is 6.03. The molecule has 1 aliphatic rings. The van der Waals surface area contributed by atoms with Gasteiger partial charge in [0.25, 0.3) is 0 Å². The molecule has 0 amide bonds. The van der Waals surface area contributed by atoms with Crippen molar-refractivity contribution in [3.63, 3.8) is 0 Å². The van der Waals surface area contributed by atoms with Crippen LogP contribution in [0.25, 0.3) is 0 Å². The topological polar surface area (TPSA) is 35.2 Å². The van der Waals surface area contributed by atoms with Crippen LogP contribution in [0, 0.1) is 0 Å². The van der Waals surface area contributed by atoms with Crippen LogP contribution in [0.5, 0.6) is 5.75 Å². The molecule has 0 aliphatic carbocycles. The van der Waals surface area contributed by atoms with E-state index in [2.05, 4.69) is 6.92 Å². The summed E-state index contributed by atoms with van der Waals surface area (Å²) in [7, 11) is 0. The van der Waals surface area contributed by atoms with Crippen molar-refractivity contribution in [2.24, 2.45) is 5.73 Å². The first-order valence-corrected chi connectivity index (χ1v) is 4.82. The van der Waals surface area contributed by atoms with E-state index in [0.717, 1.165) is 24.2 Å². The van der Waals surface area contributed by atoms with Crippen molar-refractivity contribution in [2.75, 3.05) is 0 Å². The van der Waals surface area contributed by atoms with Crippen molar-refractivity contribution in [3.8, 4) is 5.75 Å². The average molecular weight is 177 g/mol. The van der Waals surface area contributed by atoms with Gasteiger partial charge < -0.3 is 10.5 Å². The van der Waals surface area contributed by atoms with Crippen LogP contribution in [0.4, 0.5) is 0 Å². The van der Waals surface area contributed by atoms with Crippen LogP contribution in [0.1, 0.15) is 31.4 Å². The van der Waals surface area contributed by atoms with Gasteiger partial charge in [0, 0.05) is 18.0 Å². The summed E-state index contributed by atoms with van der Waals surface area (Å²) < 4.78 is 5.77. The van der Waals surface area contributed by atoms with Gasteiger partial charge >= 0.3 is 0 Å². The molecule has 70 valence electrons. The van der Waals surface area contributed by atoms with E-state index in [1.165, 1.54) is 0 Å². The number of ether oxygens (including phenoxy) is 1. The second-order valence-electron chi connectivity index (χ2n) is 3.53. The maximum absolute atomic E-state index is 6.03. The highest BCUT2D eigenvalue weighted by Crippen LogP contribution is 2.33. The Labute approximate surface area is 78.7 Å². The van der Waals surface area contributed by atoms with E-state index in [0.29, 0.717) is 6.10 Å². The molecule has 1 heterocycles. The highest BCUT2D eigenvalue weighted by Gasteiger charge is 2.23. The fourth-order valence-electron chi connectivity index (χ4n) is 1.78. The van der Waals surface area contributed by atoms with Crippen molar-refractivity contribution in [3.05, 3.63) is 29.8 Å². The Bertz CT molecular complexity index is 298. The Morgan fingerprint density at radius 1 is 1.46 bits per heavy atom. The second-order valence-corrected chi connectivity index (χ2v) is 3.53. The highest BCUT2D eigenvalue weighted by molar-refractivity contribution is 5.37. The molecule has 1 aromatic carbocycles. The van der Waals surface area contributed by atoms with Crippen molar-refractivity contribution in [1.29, 1.82) is 0 Å². The van der Waals surface area contributed by atoms with Crippen molar-refractivity contribution < 1.29 is 4.74 Å². The third-order valence-corrected chi connectivity index (χ3v) is 2.58. The van der Waals surface area contributed by atoms with Gasteiger partial charge in [-0.2, -0.15) is 0 Å². The lowest BCUT2D eigenvalue weighted by atomic mass is 9.96. The van der Waals surface area contributed by atoms with E-state index < -0.39 is 0 Å². The first kappa shape index (κ1) is 8.57. The zero-order chi connectivity index (χ0) is 9.26. The van der Waals surface area contributed by atoms with Gasteiger partial charge in [-0.05, 0) is 12.5 Å². The first-order chi connectivity index (χ1) is 6.31. The van der Waals surface area contributed by atoms with Crippen LogP contribution < -0.4 is 10.5 Å². The molecule has 0 saturated heterocycles. The molecule has 2 heteroatoms. The van der Waals surface area contributed by atoms with Crippen LogP contribution in [-0.2, 0) is 0 Å². The number of rotatable bonds is 1. The number of hydrogen-bond donors (Lipinski definition) is 1. The van der Waals surface area contributed by atoms with Gasteiger partial charge in [0.2, 0.25) is 0 Å². The molecule has 1 aromatic rings. The predicted molar refractivity (Wildman–Crippen MR) is 52.7 cm³/mol. The fraction of sp³-hybridized carbons (Fsp3) is 0.455. The van der Waals surface area contributed by atoms with E-state index in [9.17, 15) is 0 Å². The summed E-state index contributed by atoms with van der Waals surface area (Å²) in [4.78, 5) is 0. The number of nitrogens with two attached hydrogens (primary N) is 1. The predicted octanol–water partition coefficient (Wildman–Crippen LogP) is 2.25. The van der Waals surface area contributed by atoms with Gasteiger partial charge in [-0.1, -0.05) is 25.1 Å². The Morgan fingerprint density at radius 3 is 3.00 bits per heavy atom. The zero-order valence-electron chi connectivity index (χ0n) is 7.86. The number of para-hydroxylation sites is 1. The number of fused-ring (bicyclic) bond motifs is 1.